The molecule has 0 radical (unpaired) electrons. The Bertz CT molecular complexity index is 269. The Balaban J connectivity index is 2.19. The summed E-state index contributed by atoms with van der Waals surface area (Å²) in [6, 6.07) is -0.461. The monoisotopic (exact) mass is 260 g/mol. The van der Waals surface area contributed by atoms with Crippen molar-refractivity contribution >= 4 is 23.8 Å². The van der Waals surface area contributed by atoms with E-state index in [-0.39, 0.29) is 18.5 Å². The zero-order valence-electron chi connectivity index (χ0n) is 10.1. The van der Waals surface area contributed by atoms with Gasteiger partial charge in [-0.3, -0.25) is 4.79 Å². The maximum absolute atomic E-state index is 11.5. The minimum atomic E-state index is -0.857. The van der Waals surface area contributed by atoms with Gasteiger partial charge in [0, 0.05) is 12.6 Å². The van der Waals surface area contributed by atoms with Crippen molar-refractivity contribution in [3.05, 3.63) is 0 Å². The number of carboxylic acids is 1. The molecule has 5 nitrogen and oxygen atoms in total. The number of hydrogen-bond acceptors (Lipinski definition) is 3. The molecule has 1 rings (SSSR count). The van der Waals surface area contributed by atoms with Gasteiger partial charge in [0.2, 0.25) is 0 Å². The molecule has 0 spiro atoms. The van der Waals surface area contributed by atoms with Crippen molar-refractivity contribution in [3.8, 4) is 0 Å². The molecular formula is C11H20N2O3S. The van der Waals surface area contributed by atoms with E-state index >= 15 is 0 Å². The summed E-state index contributed by atoms with van der Waals surface area (Å²) in [5.41, 5.74) is 0. The van der Waals surface area contributed by atoms with Gasteiger partial charge in [-0.05, 0) is 37.2 Å². The highest BCUT2D eigenvalue weighted by atomic mass is 32.2. The summed E-state index contributed by atoms with van der Waals surface area (Å²) < 4.78 is 0. The number of hydrogen-bond donors (Lipinski definition) is 3. The third-order valence-electron chi connectivity index (χ3n) is 2.71. The van der Waals surface area contributed by atoms with Gasteiger partial charge >= 0.3 is 12.0 Å². The second kappa shape index (κ2) is 7.42. The van der Waals surface area contributed by atoms with E-state index in [4.69, 9.17) is 5.11 Å². The van der Waals surface area contributed by atoms with Crippen molar-refractivity contribution in [2.24, 2.45) is 5.92 Å². The molecule has 1 aliphatic rings. The molecule has 17 heavy (non-hydrogen) atoms. The smallest absolute Gasteiger partial charge is 0.315 e. The van der Waals surface area contributed by atoms with Crippen molar-refractivity contribution < 1.29 is 14.7 Å². The van der Waals surface area contributed by atoms with Crippen LogP contribution in [0.4, 0.5) is 4.79 Å². The quantitative estimate of drug-likeness (QED) is 0.575. The average molecular weight is 260 g/mol. The van der Waals surface area contributed by atoms with Crippen molar-refractivity contribution in [1.29, 1.82) is 0 Å². The fourth-order valence-electron chi connectivity index (χ4n) is 1.66. The largest absolute Gasteiger partial charge is 0.481 e. The third kappa shape index (κ3) is 6.41. The first-order valence-corrected chi connectivity index (χ1v) is 7.28. The highest BCUT2D eigenvalue weighted by molar-refractivity contribution is 7.98. The van der Waals surface area contributed by atoms with Crippen LogP contribution in [0.15, 0.2) is 0 Å². The van der Waals surface area contributed by atoms with Crippen LogP contribution < -0.4 is 10.6 Å². The van der Waals surface area contributed by atoms with Crippen LogP contribution in [0.2, 0.25) is 0 Å². The van der Waals surface area contributed by atoms with E-state index in [1.807, 2.05) is 6.26 Å². The molecule has 0 saturated heterocycles. The van der Waals surface area contributed by atoms with E-state index in [0.29, 0.717) is 12.5 Å². The number of nitrogens with one attached hydrogen (secondary N) is 2. The van der Waals surface area contributed by atoms with Crippen molar-refractivity contribution in [1.82, 2.24) is 10.6 Å². The second-order valence-corrected chi connectivity index (χ2v) is 5.27. The highest BCUT2D eigenvalue weighted by Gasteiger charge is 2.33. The number of aliphatic carboxylic acids is 1. The molecular weight excluding hydrogens is 240 g/mol. The molecule has 0 aliphatic heterocycles. The normalized spacial score (nSPS) is 16.3. The molecule has 0 heterocycles. The topological polar surface area (TPSA) is 78.4 Å². The van der Waals surface area contributed by atoms with E-state index < -0.39 is 5.97 Å². The Kier molecular flexibility index (Phi) is 6.18. The molecule has 1 fully saturated rings. The standard InChI is InChI=1S/C11H20N2O3S/c1-17-6-2-5-12-11(16)13-9(7-10(14)15)8-3-4-8/h8-9H,2-7H2,1H3,(H,14,15)(H2,12,13,16). The molecule has 3 N–H and O–H groups in total. The molecule has 1 unspecified atom stereocenters. The summed E-state index contributed by atoms with van der Waals surface area (Å²) in [6.45, 7) is 0.636. The first kappa shape index (κ1) is 14.2. The Morgan fingerprint density at radius 2 is 2.18 bits per heavy atom. The lowest BCUT2D eigenvalue weighted by Gasteiger charge is -2.16. The van der Waals surface area contributed by atoms with E-state index in [2.05, 4.69) is 10.6 Å². The van der Waals surface area contributed by atoms with Gasteiger partial charge in [0.05, 0.1) is 6.42 Å². The van der Waals surface area contributed by atoms with Gasteiger partial charge in [0.25, 0.3) is 0 Å². The van der Waals surface area contributed by atoms with Crippen LogP contribution in [0.25, 0.3) is 0 Å². The first-order chi connectivity index (χ1) is 8.13. The number of carbonyl (C=O) groups is 2. The van der Waals surface area contributed by atoms with Crippen LogP contribution in [-0.2, 0) is 4.79 Å². The number of carboxylic acid groups (broad SMARTS) is 1. The highest BCUT2D eigenvalue weighted by Crippen LogP contribution is 2.33. The molecule has 0 aromatic rings. The van der Waals surface area contributed by atoms with Crippen molar-refractivity contribution in [3.63, 3.8) is 0 Å². The lowest BCUT2D eigenvalue weighted by Crippen LogP contribution is -2.44. The fourth-order valence-corrected chi connectivity index (χ4v) is 2.09. The number of rotatable bonds is 8. The van der Waals surface area contributed by atoms with Gasteiger partial charge < -0.3 is 15.7 Å². The number of urea groups is 1. The number of amides is 2. The molecule has 1 saturated carbocycles. The number of thioether (sulfide) groups is 1. The SMILES string of the molecule is CSCCCNC(=O)NC(CC(=O)O)C1CC1. The molecule has 0 bridgehead atoms. The van der Waals surface area contributed by atoms with Crippen molar-refractivity contribution in [2.45, 2.75) is 31.7 Å². The minimum Gasteiger partial charge on any atom is -0.481 e. The molecule has 0 aromatic carbocycles. The maximum atomic E-state index is 11.5. The third-order valence-corrected chi connectivity index (χ3v) is 3.41. The molecule has 0 aromatic heterocycles. The predicted octanol–water partition coefficient (Wildman–Crippen LogP) is 1.29. The lowest BCUT2D eigenvalue weighted by atomic mass is 10.1. The molecule has 2 amide bonds. The molecule has 1 atom stereocenters. The summed E-state index contributed by atoms with van der Waals surface area (Å²) in [4.78, 5) is 22.2. The fraction of sp³-hybridized carbons (Fsp3) is 0.818. The Labute approximate surface area is 106 Å². The molecule has 1 aliphatic carbocycles. The lowest BCUT2D eigenvalue weighted by molar-refractivity contribution is -0.137. The molecule has 6 heteroatoms. The minimum absolute atomic E-state index is 0.0168. The summed E-state index contributed by atoms with van der Waals surface area (Å²) in [5.74, 6) is 0.509. The Hall–Kier alpha value is -0.910. The Morgan fingerprint density at radius 1 is 1.47 bits per heavy atom. The summed E-state index contributed by atoms with van der Waals surface area (Å²) in [7, 11) is 0. The maximum Gasteiger partial charge on any atom is 0.315 e. The van der Waals surface area contributed by atoms with Crippen LogP contribution in [0.1, 0.15) is 25.7 Å². The van der Waals surface area contributed by atoms with Crippen LogP contribution in [0, 0.1) is 5.92 Å². The van der Waals surface area contributed by atoms with Gasteiger partial charge in [0.15, 0.2) is 0 Å². The van der Waals surface area contributed by atoms with E-state index in [0.717, 1.165) is 25.0 Å². The zero-order valence-corrected chi connectivity index (χ0v) is 10.9. The van der Waals surface area contributed by atoms with Crippen LogP contribution in [0.5, 0.6) is 0 Å². The van der Waals surface area contributed by atoms with Gasteiger partial charge in [-0.2, -0.15) is 11.8 Å². The molecule has 98 valence electrons. The number of carbonyl (C=O) groups excluding carboxylic acids is 1. The summed E-state index contributed by atoms with van der Waals surface area (Å²) in [5, 5.41) is 14.2. The van der Waals surface area contributed by atoms with Crippen molar-refractivity contribution in [2.75, 3.05) is 18.6 Å². The van der Waals surface area contributed by atoms with Crippen LogP contribution in [-0.4, -0.2) is 41.7 Å². The second-order valence-electron chi connectivity index (χ2n) is 4.29. The first-order valence-electron chi connectivity index (χ1n) is 5.88. The van der Waals surface area contributed by atoms with Crippen LogP contribution >= 0.6 is 11.8 Å². The zero-order chi connectivity index (χ0) is 12.7. The van der Waals surface area contributed by atoms with Gasteiger partial charge in [-0.25, -0.2) is 4.79 Å². The van der Waals surface area contributed by atoms with E-state index in [1.54, 1.807) is 11.8 Å². The average Bonchev–Trinajstić information content (AvgIpc) is 3.06. The van der Waals surface area contributed by atoms with E-state index in [9.17, 15) is 9.59 Å². The van der Waals surface area contributed by atoms with Gasteiger partial charge in [0.1, 0.15) is 0 Å². The summed E-state index contributed by atoms with van der Waals surface area (Å²) in [6.07, 6.45) is 5.01. The summed E-state index contributed by atoms with van der Waals surface area (Å²) >= 11 is 1.74. The van der Waals surface area contributed by atoms with Gasteiger partial charge in [-0.15, -0.1) is 0 Å². The van der Waals surface area contributed by atoms with E-state index in [1.165, 1.54) is 0 Å². The van der Waals surface area contributed by atoms with Crippen LogP contribution in [0.3, 0.4) is 0 Å². The van der Waals surface area contributed by atoms with Gasteiger partial charge in [-0.1, -0.05) is 0 Å². The predicted molar refractivity (Wildman–Crippen MR) is 68.3 cm³/mol. The Morgan fingerprint density at radius 3 is 2.71 bits per heavy atom.